The van der Waals surface area contributed by atoms with E-state index < -0.39 is 23.9 Å². The molecule has 0 aliphatic heterocycles. The minimum absolute atomic E-state index is 0.217. The molecule has 2 rings (SSSR count). The first kappa shape index (κ1) is 19.0. The van der Waals surface area contributed by atoms with Gasteiger partial charge in [0.2, 0.25) is 0 Å². The van der Waals surface area contributed by atoms with E-state index in [2.05, 4.69) is 10.1 Å². The summed E-state index contributed by atoms with van der Waals surface area (Å²) >= 11 is 0. The molecule has 0 aliphatic rings. The Balaban J connectivity index is 1.99. The molecular weight excluding hydrogens is 338 g/mol. The Morgan fingerprint density at radius 1 is 0.885 bits per heavy atom. The normalized spacial score (nSPS) is 11.2. The lowest BCUT2D eigenvalue weighted by Crippen LogP contribution is -2.30. The van der Waals surface area contributed by atoms with Gasteiger partial charge in [-0.2, -0.15) is 0 Å². The van der Waals surface area contributed by atoms with Crippen molar-refractivity contribution in [1.82, 2.24) is 0 Å². The third kappa shape index (κ3) is 4.60. The van der Waals surface area contributed by atoms with Gasteiger partial charge in [-0.1, -0.05) is 12.1 Å². The van der Waals surface area contributed by atoms with Gasteiger partial charge in [-0.25, -0.2) is 9.59 Å². The molecule has 0 bridgehead atoms. The summed E-state index contributed by atoms with van der Waals surface area (Å²) in [5, 5.41) is 2.65. The van der Waals surface area contributed by atoms with Crippen molar-refractivity contribution in [2.75, 3.05) is 19.5 Å². The Morgan fingerprint density at radius 3 is 2.04 bits per heavy atom. The van der Waals surface area contributed by atoms with Crippen molar-refractivity contribution in [3.63, 3.8) is 0 Å². The van der Waals surface area contributed by atoms with Crippen LogP contribution in [0.2, 0.25) is 0 Å². The number of methoxy groups -OCH3 is 2. The van der Waals surface area contributed by atoms with E-state index in [0.717, 1.165) is 0 Å². The number of esters is 2. The van der Waals surface area contributed by atoms with Gasteiger partial charge in [-0.15, -0.1) is 0 Å². The van der Waals surface area contributed by atoms with Crippen LogP contribution in [0.5, 0.6) is 5.75 Å². The highest BCUT2D eigenvalue weighted by molar-refractivity contribution is 5.98. The Morgan fingerprint density at radius 2 is 1.46 bits per heavy atom. The molecule has 7 nitrogen and oxygen atoms in total. The molecule has 1 unspecified atom stereocenters. The summed E-state index contributed by atoms with van der Waals surface area (Å²) in [6.07, 6.45) is -1.02. The Kier molecular flexibility index (Phi) is 6.32. The number of ether oxygens (including phenoxy) is 3. The van der Waals surface area contributed by atoms with Crippen molar-refractivity contribution in [2.45, 2.75) is 13.0 Å². The summed E-state index contributed by atoms with van der Waals surface area (Å²) < 4.78 is 14.9. The van der Waals surface area contributed by atoms with Crippen LogP contribution in [0.15, 0.2) is 48.5 Å². The van der Waals surface area contributed by atoms with Crippen LogP contribution < -0.4 is 10.1 Å². The first-order valence-electron chi connectivity index (χ1n) is 7.79. The van der Waals surface area contributed by atoms with Crippen molar-refractivity contribution in [3.8, 4) is 5.75 Å². The van der Waals surface area contributed by atoms with Gasteiger partial charge >= 0.3 is 11.9 Å². The molecule has 136 valence electrons. The van der Waals surface area contributed by atoms with Gasteiger partial charge in [-0.3, -0.25) is 4.79 Å². The minimum Gasteiger partial charge on any atom is -0.495 e. The van der Waals surface area contributed by atoms with E-state index in [1.165, 1.54) is 45.4 Å². The SMILES string of the molecule is COC(=O)c1ccc(C(=O)OC(C)C(=O)Nc2ccccc2OC)cc1. The van der Waals surface area contributed by atoms with Crippen molar-refractivity contribution >= 4 is 23.5 Å². The number of carbonyl (C=O) groups is 3. The number of hydrogen-bond acceptors (Lipinski definition) is 6. The van der Waals surface area contributed by atoms with Gasteiger partial charge in [-0.05, 0) is 43.3 Å². The molecule has 0 fully saturated rings. The van der Waals surface area contributed by atoms with Crippen LogP contribution in [0.25, 0.3) is 0 Å². The molecule has 0 spiro atoms. The van der Waals surface area contributed by atoms with Crippen LogP contribution in [0, 0.1) is 0 Å². The molecule has 26 heavy (non-hydrogen) atoms. The smallest absolute Gasteiger partial charge is 0.338 e. The Bertz CT molecular complexity index is 800. The summed E-state index contributed by atoms with van der Waals surface area (Å²) in [7, 11) is 2.76. The summed E-state index contributed by atoms with van der Waals surface area (Å²) in [5.74, 6) is -1.18. The third-order valence-electron chi connectivity index (χ3n) is 3.56. The number of anilines is 1. The van der Waals surface area contributed by atoms with Gasteiger partial charge in [0.05, 0.1) is 31.0 Å². The number of nitrogens with one attached hydrogen (secondary N) is 1. The topological polar surface area (TPSA) is 90.9 Å². The maximum absolute atomic E-state index is 12.2. The molecule has 2 aromatic carbocycles. The summed E-state index contributed by atoms with van der Waals surface area (Å²) in [6, 6.07) is 12.7. The predicted octanol–water partition coefficient (Wildman–Crippen LogP) is 2.67. The highest BCUT2D eigenvalue weighted by atomic mass is 16.5. The van der Waals surface area contributed by atoms with E-state index in [1.54, 1.807) is 24.3 Å². The number of hydrogen-bond donors (Lipinski definition) is 1. The quantitative estimate of drug-likeness (QED) is 0.799. The van der Waals surface area contributed by atoms with Crippen LogP contribution in [-0.2, 0) is 14.3 Å². The zero-order valence-corrected chi connectivity index (χ0v) is 14.6. The fourth-order valence-corrected chi connectivity index (χ4v) is 2.12. The molecular formula is C19H19NO6. The van der Waals surface area contributed by atoms with Crippen molar-refractivity contribution in [3.05, 3.63) is 59.7 Å². The van der Waals surface area contributed by atoms with Crippen LogP contribution >= 0.6 is 0 Å². The van der Waals surface area contributed by atoms with Gasteiger partial charge in [0.1, 0.15) is 5.75 Å². The lowest BCUT2D eigenvalue weighted by molar-refractivity contribution is -0.123. The van der Waals surface area contributed by atoms with E-state index >= 15 is 0 Å². The van der Waals surface area contributed by atoms with Gasteiger partial charge in [0.25, 0.3) is 5.91 Å². The standard InChI is InChI=1S/C19H19NO6/c1-12(17(21)20-15-6-4-5-7-16(15)24-2)26-19(23)14-10-8-13(9-11-14)18(22)25-3/h4-12H,1-3H3,(H,20,21). The second kappa shape index (κ2) is 8.66. The van der Waals surface area contributed by atoms with E-state index in [-0.39, 0.29) is 5.56 Å². The fraction of sp³-hybridized carbons (Fsp3) is 0.211. The van der Waals surface area contributed by atoms with Gasteiger partial charge in [0, 0.05) is 0 Å². The molecule has 0 saturated carbocycles. The Labute approximate surface area is 150 Å². The number of para-hydroxylation sites is 2. The fourth-order valence-electron chi connectivity index (χ4n) is 2.12. The van der Waals surface area contributed by atoms with E-state index in [1.807, 2.05) is 0 Å². The molecule has 0 heterocycles. The number of amides is 1. The molecule has 7 heteroatoms. The molecule has 2 aromatic rings. The van der Waals surface area contributed by atoms with E-state index in [4.69, 9.17) is 9.47 Å². The number of benzene rings is 2. The number of rotatable bonds is 6. The number of carbonyl (C=O) groups excluding carboxylic acids is 3. The maximum atomic E-state index is 12.2. The van der Waals surface area contributed by atoms with Crippen molar-refractivity contribution in [2.24, 2.45) is 0 Å². The summed E-state index contributed by atoms with van der Waals surface area (Å²) in [6.45, 7) is 1.46. The molecule has 1 amide bonds. The van der Waals surface area contributed by atoms with Crippen LogP contribution in [0.1, 0.15) is 27.6 Å². The van der Waals surface area contributed by atoms with Crippen LogP contribution in [0.3, 0.4) is 0 Å². The van der Waals surface area contributed by atoms with Gasteiger partial charge in [0.15, 0.2) is 6.10 Å². The largest absolute Gasteiger partial charge is 0.495 e. The summed E-state index contributed by atoms with van der Waals surface area (Å²) in [5.41, 5.74) is 1.01. The third-order valence-corrected chi connectivity index (χ3v) is 3.56. The molecule has 0 saturated heterocycles. The van der Waals surface area contributed by atoms with Crippen LogP contribution in [-0.4, -0.2) is 38.2 Å². The molecule has 0 aliphatic carbocycles. The molecule has 0 radical (unpaired) electrons. The van der Waals surface area contributed by atoms with Gasteiger partial charge < -0.3 is 19.5 Å². The average Bonchev–Trinajstić information content (AvgIpc) is 2.67. The second-order valence-corrected chi connectivity index (χ2v) is 5.31. The van der Waals surface area contributed by atoms with Crippen molar-refractivity contribution < 1.29 is 28.6 Å². The maximum Gasteiger partial charge on any atom is 0.338 e. The first-order valence-corrected chi connectivity index (χ1v) is 7.79. The second-order valence-electron chi connectivity index (χ2n) is 5.31. The van der Waals surface area contributed by atoms with E-state index in [0.29, 0.717) is 17.0 Å². The first-order chi connectivity index (χ1) is 12.5. The summed E-state index contributed by atoms with van der Waals surface area (Å²) in [4.78, 5) is 35.8. The zero-order chi connectivity index (χ0) is 19.1. The lowest BCUT2D eigenvalue weighted by Gasteiger charge is -2.15. The average molecular weight is 357 g/mol. The van der Waals surface area contributed by atoms with Crippen LogP contribution in [0.4, 0.5) is 5.69 Å². The van der Waals surface area contributed by atoms with E-state index in [9.17, 15) is 14.4 Å². The molecule has 1 atom stereocenters. The zero-order valence-electron chi connectivity index (χ0n) is 14.6. The van der Waals surface area contributed by atoms with Crippen molar-refractivity contribution in [1.29, 1.82) is 0 Å². The predicted molar refractivity (Wildman–Crippen MR) is 94.3 cm³/mol. The molecule has 1 N–H and O–H groups in total. The monoisotopic (exact) mass is 357 g/mol. The molecule has 0 aromatic heterocycles. The lowest BCUT2D eigenvalue weighted by atomic mass is 10.1. The highest BCUT2D eigenvalue weighted by Crippen LogP contribution is 2.23. The Hall–Kier alpha value is -3.35. The minimum atomic E-state index is -1.02. The highest BCUT2D eigenvalue weighted by Gasteiger charge is 2.20.